The average molecular weight is 261 g/mol. The van der Waals surface area contributed by atoms with Crippen molar-refractivity contribution in [2.24, 2.45) is 0 Å². The summed E-state index contributed by atoms with van der Waals surface area (Å²) in [6.07, 6.45) is 2.60. The van der Waals surface area contributed by atoms with Crippen molar-refractivity contribution in [2.75, 3.05) is 6.54 Å². The van der Waals surface area contributed by atoms with Gasteiger partial charge in [0.2, 0.25) is 5.91 Å². The van der Waals surface area contributed by atoms with Gasteiger partial charge in [-0.1, -0.05) is 43.3 Å². The van der Waals surface area contributed by atoms with Crippen molar-refractivity contribution in [1.82, 2.24) is 5.32 Å². The summed E-state index contributed by atoms with van der Waals surface area (Å²) in [6, 6.07) is 9.40. The van der Waals surface area contributed by atoms with Crippen molar-refractivity contribution in [1.29, 1.82) is 0 Å². The fraction of sp³-hybridized carbons (Fsp3) is 0.333. The van der Waals surface area contributed by atoms with Gasteiger partial charge in [0.05, 0.1) is 0 Å². The zero-order valence-corrected chi connectivity index (χ0v) is 11.3. The molecule has 0 spiro atoms. The van der Waals surface area contributed by atoms with Crippen LogP contribution in [0.2, 0.25) is 0 Å². The van der Waals surface area contributed by atoms with Crippen LogP contribution >= 0.6 is 0 Å². The molecule has 1 rings (SSSR count). The van der Waals surface area contributed by atoms with Gasteiger partial charge in [-0.3, -0.25) is 9.59 Å². The van der Waals surface area contributed by atoms with E-state index in [4.69, 9.17) is 4.74 Å². The predicted octanol–water partition coefficient (Wildman–Crippen LogP) is 2.20. The predicted molar refractivity (Wildman–Crippen MR) is 73.3 cm³/mol. The maximum absolute atomic E-state index is 11.5. The first-order chi connectivity index (χ1) is 9.13. The third kappa shape index (κ3) is 5.86. The van der Waals surface area contributed by atoms with Gasteiger partial charge in [-0.05, 0) is 18.9 Å². The van der Waals surface area contributed by atoms with E-state index in [1.54, 1.807) is 6.92 Å². The summed E-state index contributed by atoms with van der Waals surface area (Å²) < 4.78 is 5.05. The zero-order chi connectivity index (χ0) is 14.1. The van der Waals surface area contributed by atoms with Crippen LogP contribution in [0.1, 0.15) is 25.8 Å². The van der Waals surface area contributed by atoms with Gasteiger partial charge in [-0.25, -0.2) is 0 Å². The number of hydrogen-bond donors (Lipinski definition) is 1. The Morgan fingerprint density at radius 1 is 1.26 bits per heavy atom. The van der Waals surface area contributed by atoms with Crippen molar-refractivity contribution < 1.29 is 14.3 Å². The first-order valence-electron chi connectivity index (χ1n) is 6.28. The van der Waals surface area contributed by atoms with Crippen LogP contribution < -0.4 is 5.32 Å². The Kier molecular flexibility index (Phi) is 6.36. The minimum absolute atomic E-state index is 0.111. The lowest BCUT2D eigenvalue weighted by molar-refractivity contribution is -0.144. The summed E-state index contributed by atoms with van der Waals surface area (Å²) in [7, 11) is 0. The number of nitrogens with one attached hydrogen (secondary N) is 1. The molecule has 1 aromatic rings. The number of hydrogen-bond acceptors (Lipinski definition) is 3. The Morgan fingerprint density at radius 3 is 2.58 bits per heavy atom. The van der Waals surface area contributed by atoms with Crippen molar-refractivity contribution in [3.8, 4) is 0 Å². The van der Waals surface area contributed by atoms with Crippen LogP contribution in [0.15, 0.2) is 42.0 Å². The van der Waals surface area contributed by atoms with Crippen molar-refractivity contribution in [3.63, 3.8) is 0 Å². The highest BCUT2D eigenvalue weighted by molar-refractivity contribution is 5.94. The van der Waals surface area contributed by atoms with E-state index in [1.807, 2.05) is 43.3 Å². The SMILES string of the molecule is CC/C=C(\C)C(=O)NCC(=O)OCc1ccccc1. The second kappa shape index (κ2) is 8.08. The highest BCUT2D eigenvalue weighted by atomic mass is 16.5. The quantitative estimate of drug-likeness (QED) is 0.631. The van der Waals surface area contributed by atoms with Gasteiger partial charge in [-0.2, -0.15) is 0 Å². The van der Waals surface area contributed by atoms with E-state index in [9.17, 15) is 9.59 Å². The monoisotopic (exact) mass is 261 g/mol. The third-order valence-electron chi connectivity index (χ3n) is 2.50. The highest BCUT2D eigenvalue weighted by Crippen LogP contribution is 2.00. The smallest absolute Gasteiger partial charge is 0.325 e. The number of carbonyl (C=O) groups excluding carboxylic acids is 2. The first kappa shape index (κ1) is 15.0. The molecule has 102 valence electrons. The van der Waals surface area contributed by atoms with Gasteiger partial charge in [0.25, 0.3) is 0 Å². The fourth-order valence-corrected chi connectivity index (χ4v) is 1.48. The standard InChI is InChI=1S/C15H19NO3/c1-3-7-12(2)15(18)16-10-14(17)19-11-13-8-5-4-6-9-13/h4-9H,3,10-11H2,1-2H3,(H,16,18)/b12-7+. The number of allylic oxidation sites excluding steroid dienone is 1. The lowest BCUT2D eigenvalue weighted by Gasteiger charge is -2.06. The molecule has 0 aliphatic carbocycles. The van der Waals surface area contributed by atoms with E-state index in [1.165, 1.54) is 0 Å². The minimum Gasteiger partial charge on any atom is -0.460 e. The molecule has 0 unspecified atom stereocenters. The van der Waals surface area contributed by atoms with Crippen LogP contribution in [0.5, 0.6) is 0 Å². The normalized spacial score (nSPS) is 10.9. The minimum atomic E-state index is -0.443. The maximum atomic E-state index is 11.5. The van der Waals surface area contributed by atoms with Crippen LogP contribution in [0, 0.1) is 0 Å². The molecule has 1 N–H and O–H groups in total. The average Bonchev–Trinajstić information content (AvgIpc) is 2.43. The molecule has 0 fully saturated rings. The number of esters is 1. The van der Waals surface area contributed by atoms with Crippen LogP contribution in [0.25, 0.3) is 0 Å². The van der Waals surface area contributed by atoms with Gasteiger partial charge >= 0.3 is 5.97 Å². The number of benzene rings is 1. The van der Waals surface area contributed by atoms with Crippen LogP contribution in [-0.4, -0.2) is 18.4 Å². The van der Waals surface area contributed by atoms with Crippen molar-refractivity contribution >= 4 is 11.9 Å². The van der Waals surface area contributed by atoms with Gasteiger partial charge in [0.15, 0.2) is 0 Å². The Hall–Kier alpha value is -2.10. The van der Waals surface area contributed by atoms with Gasteiger partial charge < -0.3 is 10.1 Å². The molecule has 1 amide bonds. The molecule has 0 radical (unpaired) electrons. The second-order valence-electron chi connectivity index (χ2n) is 4.12. The molecule has 0 saturated carbocycles. The van der Waals surface area contributed by atoms with Crippen LogP contribution in [0.4, 0.5) is 0 Å². The molecule has 0 aromatic heterocycles. The third-order valence-corrected chi connectivity index (χ3v) is 2.50. The molecule has 0 heterocycles. The molecule has 0 atom stereocenters. The summed E-state index contributed by atoms with van der Waals surface area (Å²) in [5.41, 5.74) is 1.53. The summed E-state index contributed by atoms with van der Waals surface area (Å²) in [4.78, 5) is 23.0. The van der Waals surface area contributed by atoms with E-state index in [-0.39, 0.29) is 19.1 Å². The number of ether oxygens (including phenoxy) is 1. The molecular weight excluding hydrogens is 242 g/mol. The summed E-state index contributed by atoms with van der Waals surface area (Å²) in [6.45, 7) is 3.78. The maximum Gasteiger partial charge on any atom is 0.325 e. The molecule has 4 nitrogen and oxygen atoms in total. The summed E-state index contributed by atoms with van der Waals surface area (Å²) >= 11 is 0. The van der Waals surface area contributed by atoms with E-state index >= 15 is 0 Å². The van der Waals surface area contributed by atoms with Crippen molar-refractivity contribution in [2.45, 2.75) is 26.9 Å². The second-order valence-corrected chi connectivity index (χ2v) is 4.12. The zero-order valence-electron chi connectivity index (χ0n) is 11.3. The fourth-order valence-electron chi connectivity index (χ4n) is 1.48. The van der Waals surface area contributed by atoms with E-state index in [0.717, 1.165) is 12.0 Å². The van der Waals surface area contributed by atoms with E-state index in [0.29, 0.717) is 5.57 Å². The Balaban J connectivity index is 2.29. The molecule has 4 heteroatoms. The molecular formula is C15H19NO3. The molecule has 0 saturated heterocycles. The van der Waals surface area contributed by atoms with E-state index < -0.39 is 5.97 Å². The summed E-state index contributed by atoms with van der Waals surface area (Å²) in [5.74, 6) is -0.681. The lowest BCUT2D eigenvalue weighted by Crippen LogP contribution is -2.31. The Bertz CT molecular complexity index is 452. The summed E-state index contributed by atoms with van der Waals surface area (Å²) in [5, 5.41) is 2.52. The van der Waals surface area contributed by atoms with Gasteiger partial charge in [0.1, 0.15) is 13.2 Å². The molecule has 1 aromatic carbocycles. The Morgan fingerprint density at radius 2 is 1.95 bits per heavy atom. The van der Waals surface area contributed by atoms with Gasteiger partial charge in [0, 0.05) is 5.57 Å². The van der Waals surface area contributed by atoms with Crippen LogP contribution in [0.3, 0.4) is 0 Å². The van der Waals surface area contributed by atoms with Gasteiger partial charge in [-0.15, -0.1) is 0 Å². The number of amides is 1. The molecule has 0 aliphatic heterocycles. The Labute approximate surface area is 113 Å². The topological polar surface area (TPSA) is 55.4 Å². The number of rotatable bonds is 6. The molecule has 0 bridgehead atoms. The highest BCUT2D eigenvalue weighted by Gasteiger charge is 2.07. The molecule has 19 heavy (non-hydrogen) atoms. The van der Waals surface area contributed by atoms with Crippen molar-refractivity contribution in [3.05, 3.63) is 47.5 Å². The van der Waals surface area contributed by atoms with E-state index in [2.05, 4.69) is 5.32 Å². The lowest BCUT2D eigenvalue weighted by atomic mass is 10.2. The first-order valence-corrected chi connectivity index (χ1v) is 6.28. The largest absolute Gasteiger partial charge is 0.460 e. The number of carbonyl (C=O) groups is 2. The molecule has 0 aliphatic rings. The van der Waals surface area contributed by atoms with Crippen LogP contribution in [-0.2, 0) is 20.9 Å².